The number of nitrogens with zero attached hydrogens (tertiary/aromatic N) is 1. The zero-order chi connectivity index (χ0) is 19.3. The second kappa shape index (κ2) is 8.91. The van der Waals surface area contributed by atoms with Crippen LogP contribution in [-0.2, 0) is 10.2 Å². The lowest BCUT2D eigenvalue weighted by atomic mass is 9.74. The molecule has 2 aliphatic rings. The lowest BCUT2D eigenvalue weighted by Crippen LogP contribution is -2.44. The van der Waals surface area contributed by atoms with E-state index in [-0.39, 0.29) is 23.4 Å². The Bertz CT molecular complexity index is 656. The van der Waals surface area contributed by atoms with Gasteiger partial charge in [-0.3, -0.25) is 4.79 Å². The van der Waals surface area contributed by atoms with E-state index in [1.165, 1.54) is 6.42 Å². The largest absolute Gasteiger partial charge is 0.492 e. The number of hydrogen-bond donors (Lipinski definition) is 1. The van der Waals surface area contributed by atoms with Gasteiger partial charge in [0.05, 0.1) is 19.6 Å². The fourth-order valence-electron chi connectivity index (χ4n) is 4.06. The molecule has 0 amide bonds. The van der Waals surface area contributed by atoms with E-state index >= 15 is 0 Å². The highest BCUT2D eigenvalue weighted by Crippen LogP contribution is 2.47. The van der Waals surface area contributed by atoms with Crippen LogP contribution in [-0.4, -0.2) is 48.8 Å². The lowest BCUT2D eigenvalue weighted by molar-refractivity contribution is -0.137. The van der Waals surface area contributed by atoms with Gasteiger partial charge in [0.2, 0.25) is 0 Å². The molecule has 27 heavy (non-hydrogen) atoms. The van der Waals surface area contributed by atoms with Crippen molar-refractivity contribution in [2.75, 3.05) is 32.8 Å². The summed E-state index contributed by atoms with van der Waals surface area (Å²) in [7, 11) is 0. The van der Waals surface area contributed by atoms with Gasteiger partial charge in [0, 0.05) is 23.6 Å². The molecule has 0 unspecified atom stereocenters. The van der Waals surface area contributed by atoms with Crippen molar-refractivity contribution < 1.29 is 23.8 Å². The maximum absolute atomic E-state index is 14.6. The number of unbranched alkanes of at least 4 members (excludes halogenated alkanes) is 3. The number of hydrogen-bond acceptors (Lipinski definition) is 4. The number of piperidine rings is 1. The SMILES string of the molecule is CCCCCCOc1cc2c(cc1F)C1(CCN(CCC(=O)O)CC1)CO2. The van der Waals surface area contributed by atoms with Gasteiger partial charge in [-0.2, -0.15) is 0 Å². The number of likely N-dealkylation sites (tertiary alicyclic amines) is 1. The number of halogens is 1. The summed E-state index contributed by atoms with van der Waals surface area (Å²) >= 11 is 0. The molecule has 1 fully saturated rings. The van der Waals surface area contributed by atoms with Crippen molar-refractivity contribution in [3.05, 3.63) is 23.5 Å². The third kappa shape index (κ3) is 4.72. The molecule has 150 valence electrons. The molecular formula is C21H30FNO4. The summed E-state index contributed by atoms with van der Waals surface area (Å²) < 4.78 is 26.1. The summed E-state index contributed by atoms with van der Waals surface area (Å²) in [5.74, 6) is -0.0725. The van der Waals surface area contributed by atoms with E-state index in [1.54, 1.807) is 12.1 Å². The van der Waals surface area contributed by atoms with E-state index in [0.29, 0.717) is 19.8 Å². The molecule has 0 aromatic heterocycles. The van der Waals surface area contributed by atoms with Crippen molar-refractivity contribution in [3.63, 3.8) is 0 Å². The van der Waals surface area contributed by atoms with Gasteiger partial charge in [-0.1, -0.05) is 26.2 Å². The molecular weight excluding hydrogens is 349 g/mol. The van der Waals surface area contributed by atoms with Crippen LogP contribution in [0.15, 0.2) is 12.1 Å². The molecule has 2 heterocycles. The predicted molar refractivity (Wildman–Crippen MR) is 101 cm³/mol. The number of rotatable bonds is 9. The Hall–Kier alpha value is -1.82. The van der Waals surface area contributed by atoms with Crippen LogP contribution in [0, 0.1) is 5.82 Å². The predicted octanol–water partition coefficient (Wildman–Crippen LogP) is 3.99. The highest BCUT2D eigenvalue weighted by Gasteiger charge is 2.43. The quantitative estimate of drug-likeness (QED) is 0.658. The minimum atomic E-state index is -0.769. The van der Waals surface area contributed by atoms with E-state index in [2.05, 4.69) is 11.8 Å². The normalized spacial score (nSPS) is 18.3. The van der Waals surface area contributed by atoms with E-state index in [4.69, 9.17) is 14.6 Å². The summed E-state index contributed by atoms with van der Waals surface area (Å²) in [6.45, 7) is 5.44. The van der Waals surface area contributed by atoms with Crippen LogP contribution >= 0.6 is 0 Å². The average Bonchev–Trinajstić information content (AvgIpc) is 2.98. The minimum absolute atomic E-state index is 0.157. The third-order valence-corrected chi connectivity index (χ3v) is 5.82. The van der Waals surface area contributed by atoms with Crippen LogP contribution in [0.1, 0.15) is 57.4 Å². The molecule has 3 rings (SSSR count). The van der Waals surface area contributed by atoms with Crippen LogP contribution in [0.25, 0.3) is 0 Å². The zero-order valence-corrected chi connectivity index (χ0v) is 16.1. The Labute approximate surface area is 160 Å². The Kier molecular flexibility index (Phi) is 6.58. The molecule has 0 radical (unpaired) electrons. The lowest BCUT2D eigenvalue weighted by Gasteiger charge is -2.38. The van der Waals surface area contributed by atoms with Gasteiger partial charge in [-0.25, -0.2) is 4.39 Å². The van der Waals surface area contributed by atoms with Gasteiger partial charge in [-0.15, -0.1) is 0 Å². The maximum Gasteiger partial charge on any atom is 0.304 e. The molecule has 1 aromatic carbocycles. The van der Waals surface area contributed by atoms with Gasteiger partial charge in [0.15, 0.2) is 11.6 Å². The van der Waals surface area contributed by atoms with Gasteiger partial charge in [0.1, 0.15) is 5.75 Å². The van der Waals surface area contributed by atoms with E-state index in [1.807, 2.05) is 0 Å². The van der Waals surface area contributed by atoms with Crippen molar-refractivity contribution >= 4 is 5.97 Å². The average molecular weight is 379 g/mol. The number of carboxylic acids is 1. The smallest absolute Gasteiger partial charge is 0.304 e. The fourth-order valence-corrected chi connectivity index (χ4v) is 4.06. The summed E-state index contributed by atoms with van der Waals surface area (Å²) in [4.78, 5) is 12.9. The van der Waals surface area contributed by atoms with Crippen molar-refractivity contribution in [1.29, 1.82) is 0 Å². The standard InChI is InChI=1S/C21H30FNO4/c1-2-3-4-5-12-26-19-14-18-16(13-17(19)22)21(15-27-18)7-10-23(11-8-21)9-6-20(24)25/h13-14H,2-12,15H2,1H3,(H,24,25). The topological polar surface area (TPSA) is 59.0 Å². The fraction of sp³-hybridized carbons (Fsp3) is 0.667. The summed E-state index contributed by atoms with van der Waals surface area (Å²) in [5, 5.41) is 8.84. The van der Waals surface area contributed by atoms with Gasteiger partial charge in [-0.05, 0) is 38.4 Å². The summed E-state index contributed by atoms with van der Waals surface area (Å²) in [6, 6.07) is 3.30. The summed E-state index contributed by atoms with van der Waals surface area (Å²) in [6.07, 6.45) is 6.24. The first-order valence-corrected chi connectivity index (χ1v) is 10.1. The molecule has 0 aliphatic carbocycles. The molecule has 6 heteroatoms. The van der Waals surface area contributed by atoms with Crippen molar-refractivity contribution in [3.8, 4) is 11.5 Å². The van der Waals surface area contributed by atoms with Crippen LogP contribution in [0.5, 0.6) is 11.5 Å². The molecule has 1 N–H and O–H groups in total. The molecule has 5 nitrogen and oxygen atoms in total. The summed E-state index contributed by atoms with van der Waals surface area (Å²) in [5.41, 5.74) is 0.784. The maximum atomic E-state index is 14.6. The molecule has 0 atom stereocenters. The van der Waals surface area contributed by atoms with Gasteiger partial charge >= 0.3 is 5.97 Å². The van der Waals surface area contributed by atoms with Crippen LogP contribution in [0.2, 0.25) is 0 Å². The van der Waals surface area contributed by atoms with Crippen LogP contribution in [0.3, 0.4) is 0 Å². The Balaban J connectivity index is 1.60. The van der Waals surface area contributed by atoms with Crippen molar-refractivity contribution in [2.24, 2.45) is 0 Å². The first-order chi connectivity index (χ1) is 13.0. The Morgan fingerprint density at radius 3 is 2.78 bits per heavy atom. The molecule has 1 saturated heterocycles. The number of benzene rings is 1. The number of aliphatic carboxylic acids is 1. The second-order valence-electron chi connectivity index (χ2n) is 7.74. The monoisotopic (exact) mass is 379 g/mol. The molecule has 1 spiro atoms. The minimum Gasteiger partial charge on any atom is -0.492 e. The number of carboxylic acid groups (broad SMARTS) is 1. The van der Waals surface area contributed by atoms with E-state index < -0.39 is 5.97 Å². The van der Waals surface area contributed by atoms with Gasteiger partial charge in [0.25, 0.3) is 0 Å². The number of carbonyl (C=O) groups is 1. The van der Waals surface area contributed by atoms with E-state index in [9.17, 15) is 9.18 Å². The molecule has 2 aliphatic heterocycles. The molecule has 0 bridgehead atoms. The highest BCUT2D eigenvalue weighted by atomic mass is 19.1. The van der Waals surface area contributed by atoms with Crippen LogP contribution < -0.4 is 9.47 Å². The second-order valence-corrected chi connectivity index (χ2v) is 7.74. The number of ether oxygens (including phenoxy) is 2. The zero-order valence-electron chi connectivity index (χ0n) is 16.1. The number of fused-ring (bicyclic) bond motifs is 2. The van der Waals surface area contributed by atoms with E-state index in [0.717, 1.165) is 56.5 Å². The highest BCUT2D eigenvalue weighted by molar-refractivity contribution is 5.66. The first-order valence-electron chi connectivity index (χ1n) is 10.1. The molecule has 1 aromatic rings. The van der Waals surface area contributed by atoms with Gasteiger partial charge < -0.3 is 19.5 Å². The molecule has 0 saturated carbocycles. The van der Waals surface area contributed by atoms with Crippen molar-refractivity contribution in [1.82, 2.24) is 4.90 Å². The Morgan fingerprint density at radius 2 is 2.07 bits per heavy atom. The van der Waals surface area contributed by atoms with Crippen molar-refractivity contribution in [2.45, 2.75) is 57.3 Å². The van der Waals surface area contributed by atoms with Crippen LogP contribution in [0.4, 0.5) is 4.39 Å². The first kappa shape index (κ1) is 19.9. The third-order valence-electron chi connectivity index (χ3n) is 5.82. The Morgan fingerprint density at radius 1 is 1.30 bits per heavy atom.